The lowest BCUT2D eigenvalue weighted by Crippen LogP contribution is -2.03. The Balaban J connectivity index is 0.00000162. The Hall–Kier alpha value is -1.23. The molecule has 0 amide bonds. The average molecular weight is 304 g/mol. The molecular weight excluding hydrogens is 285 g/mol. The van der Waals surface area contributed by atoms with E-state index < -0.39 is 0 Å². The third-order valence-electron chi connectivity index (χ3n) is 2.51. The Morgan fingerprint density at radius 1 is 1.11 bits per heavy atom. The van der Waals surface area contributed by atoms with Crippen molar-refractivity contribution >= 4 is 24.8 Å². The molecule has 0 saturated carbocycles. The van der Waals surface area contributed by atoms with Crippen molar-refractivity contribution in [2.75, 3.05) is 13.2 Å². The minimum Gasteiger partial charge on any atom is -0.494 e. The molecule has 1 aromatic heterocycles. The first-order chi connectivity index (χ1) is 8.40. The first kappa shape index (κ1) is 17.8. The van der Waals surface area contributed by atoms with Crippen molar-refractivity contribution in [3.8, 4) is 11.4 Å². The standard InChI is InChI=1S/C13H17N3O.2ClH/c14-7-1-2-10-17-13-5-3-12(4-6-13)16-9-8-15-11-16;;/h3-6,8-9,11H,1-2,7,10,14H2;2*1H. The SMILES string of the molecule is Cl.Cl.NCCCCOc1ccc(-n2ccnc2)cc1. The number of nitrogens with zero attached hydrogens (tertiary/aromatic N) is 2. The van der Waals surface area contributed by atoms with Gasteiger partial charge in [0.1, 0.15) is 5.75 Å². The molecule has 19 heavy (non-hydrogen) atoms. The molecule has 0 atom stereocenters. The maximum atomic E-state index is 5.60. The zero-order valence-corrected chi connectivity index (χ0v) is 12.2. The van der Waals surface area contributed by atoms with Gasteiger partial charge in [0.25, 0.3) is 0 Å². The summed E-state index contributed by atoms with van der Waals surface area (Å²) >= 11 is 0. The van der Waals surface area contributed by atoms with E-state index in [0.29, 0.717) is 0 Å². The summed E-state index contributed by atoms with van der Waals surface area (Å²) in [6.07, 6.45) is 7.46. The van der Waals surface area contributed by atoms with Crippen molar-refractivity contribution in [2.45, 2.75) is 12.8 Å². The summed E-state index contributed by atoms with van der Waals surface area (Å²) in [7, 11) is 0. The van der Waals surface area contributed by atoms with Crippen molar-refractivity contribution in [1.82, 2.24) is 9.55 Å². The molecule has 0 spiro atoms. The van der Waals surface area contributed by atoms with Crippen molar-refractivity contribution in [1.29, 1.82) is 0 Å². The predicted octanol–water partition coefficient (Wildman–Crippen LogP) is 2.83. The highest BCUT2D eigenvalue weighted by molar-refractivity contribution is 5.85. The number of nitrogens with two attached hydrogens (primary N) is 1. The van der Waals surface area contributed by atoms with E-state index in [2.05, 4.69) is 4.98 Å². The molecule has 6 heteroatoms. The maximum absolute atomic E-state index is 5.60. The third-order valence-corrected chi connectivity index (χ3v) is 2.51. The Kier molecular flexibility index (Phi) is 9.04. The molecule has 1 aromatic carbocycles. The smallest absolute Gasteiger partial charge is 0.119 e. The highest BCUT2D eigenvalue weighted by Gasteiger charge is 1.97. The number of unbranched alkanes of at least 4 members (excludes halogenated alkanes) is 1. The summed E-state index contributed by atoms with van der Waals surface area (Å²) < 4.78 is 7.56. The van der Waals surface area contributed by atoms with Crippen LogP contribution in [0.4, 0.5) is 0 Å². The summed E-state index contributed by atoms with van der Waals surface area (Å²) in [5.74, 6) is 0.894. The molecule has 0 radical (unpaired) electrons. The van der Waals surface area contributed by atoms with Gasteiger partial charge >= 0.3 is 0 Å². The van der Waals surface area contributed by atoms with Crippen LogP contribution in [0.2, 0.25) is 0 Å². The molecule has 0 bridgehead atoms. The summed E-state index contributed by atoms with van der Waals surface area (Å²) in [6, 6.07) is 7.97. The van der Waals surface area contributed by atoms with Gasteiger partial charge in [0.05, 0.1) is 12.9 Å². The Labute approximate surface area is 125 Å². The molecule has 2 rings (SSSR count). The lowest BCUT2D eigenvalue weighted by molar-refractivity contribution is 0.308. The van der Waals surface area contributed by atoms with Gasteiger partial charge < -0.3 is 15.0 Å². The largest absolute Gasteiger partial charge is 0.494 e. The van der Waals surface area contributed by atoms with Crippen LogP contribution in [-0.2, 0) is 0 Å². The molecule has 4 nitrogen and oxygen atoms in total. The highest BCUT2D eigenvalue weighted by atomic mass is 35.5. The first-order valence-corrected chi connectivity index (χ1v) is 5.81. The van der Waals surface area contributed by atoms with Gasteiger partial charge in [-0.2, -0.15) is 0 Å². The summed E-state index contributed by atoms with van der Waals surface area (Å²) in [4.78, 5) is 4.01. The van der Waals surface area contributed by atoms with Crippen LogP contribution in [0, 0.1) is 0 Å². The fourth-order valence-electron chi connectivity index (χ4n) is 1.56. The van der Waals surface area contributed by atoms with Crippen LogP contribution in [0.15, 0.2) is 43.0 Å². The van der Waals surface area contributed by atoms with E-state index in [-0.39, 0.29) is 24.8 Å². The van der Waals surface area contributed by atoms with Crippen LogP contribution >= 0.6 is 24.8 Å². The van der Waals surface area contributed by atoms with Gasteiger partial charge in [0.15, 0.2) is 0 Å². The maximum Gasteiger partial charge on any atom is 0.119 e. The topological polar surface area (TPSA) is 53.1 Å². The number of benzene rings is 1. The van der Waals surface area contributed by atoms with Gasteiger partial charge in [-0.15, -0.1) is 24.8 Å². The summed E-state index contributed by atoms with van der Waals surface area (Å²) in [5.41, 5.74) is 6.50. The van der Waals surface area contributed by atoms with E-state index in [9.17, 15) is 0 Å². The van der Waals surface area contributed by atoms with E-state index in [1.165, 1.54) is 0 Å². The van der Waals surface area contributed by atoms with E-state index >= 15 is 0 Å². The molecule has 0 fully saturated rings. The van der Waals surface area contributed by atoms with Crippen LogP contribution in [0.25, 0.3) is 5.69 Å². The van der Waals surface area contributed by atoms with Gasteiger partial charge in [-0.05, 0) is 43.7 Å². The fourth-order valence-corrected chi connectivity index (χ4v) is 1.56. The lowest BCUT2D eigenvalue weighted by Gasteiger charge is -2.07. The van der Waals surface area contributed by atoms with Gasteiger partial charge in [-0.25, -0.2) is 4.98 Å². The van der Waals surface area contributed by atoms with Crippen LogP contribution in [0.1, 0.15) is 12.8 Å². The Bertz CT molecular complexity index is 432. The van der Waals surface area contributed by atoms with Crippen molar-refractivity contribution < 1.29 is 4.74 Å². The average Bonchev–Trinajstić information content (AvgIpc) is 2.89. The Morgan fingerprint density at radius 2 is 1.84 bits per heavy atom. The molecule has 0 saturated heterocycles. The molecule has 0 aliphatic heterocycles. The van der Waals surface area contributed by atoms with Crippen molar-refractivity contribution in [3.05, 3.63) is 43.0 Å². The summed E-state index contributed by atoms with van der Waals surface area (Å²) in [6.45, 7) is 1.45. The van der Waals surface area contributed by atoms with E-state index in [0.717, 1.165) is 37.4 Å². The van der Waals surface area contributed by atoms with Crippen LogP contribution in [-0.4, -0.2) is 22.7 Å². The van der Waals surface area contributed by atoms with Crippen molar-refractivity contribution in [2.24, 2.45) is 5.73 Å². The quantitative estimate of drug-likeness (QED) is 0.835. The summed E-state index contributed by atoms with van der Waals surface area (Å²) in [5, 5.41) is 0. The van der Waals surface area contributed by atoms with E-state index in [4.69, 9.17) is 10.5 Å². The van der Waals surface area contributed by atoms with Gasteiger partial charge in [-0.3, -0.25) is 0 Å². The van der Waals surface area contributed by atoms with Crippen LogP contribution in [0.3, 0.4) is 0 Å². The second-order valence-corrected chi connectivity index (χ2v) is 3.81. The molecule has 0 unspecified atom stereocenters. The number of rotatable bonds is 6. The van der Waals surface area contributed by atoms with Crippen LogP contribution < -0.4 is 10.5 Å². The van der Waals surface area contributed by atoms with E-state index in [1.807, 2.05) is 35.0 Å². The zero-order valence-electron chi connectivity index (χ0n) is 10.6. The zero-order chi connectivity index (χ0) is 11.9. The first-order valence-electron chi connectivity index (χ1n) is 5.81. The minimum absolute atomic E-state index is 0. The predicted molar refractivity (Wildman–Crippen MR) is 81.8 cm³/mol. The van der Waals surface area contributed by atoms with Crippen molar-refractivity contribution in [3.63, 3.8) is 0 Å². The number of imidazole rings is 1. The van der Waals surface area contributed by atoms with E-state index in [1.54, 1.807) is 12.5 Å². The number of ether oxygens (including phenoxy) is 1. The van der Waals surface area contributed by atoms with Gasteiger partial charge in [-0.1, -0.05) is 0 Å². The monoisotopic (exact) mass is 303 g/mol. The molecular formula is C13H19Cl2N3O. The molecule has 2 aromatic rings. The second-order valence-electron chi connectivity index (χ2n) is 3.81. The molecule has 1 heterocycles. The lowest BCUT2D eigenvalue weighted by atomic mass is 10.3. The molecule has 0 aliphatic rings. The minimum atomic E-state index is 0. The normalized spacial score (nSPS) is 9.32. The number of hydrogen-bond acceptors (Lipinski definition) is 3. The number of halogens is 2. The highest BCUT2D eigenvalue weighted by Crippen LogP contribution is 2.15. The second kappa shape index (κ2) is 9.67. The molecule has 0 aliphatic carbocycles. The van der Waals surface area contributed by atoms with Gasteiger partial charge in [0.2, 0.25) is 0 Å². The fraction of sp³-hybridized carbons (Fsp3) is 0.308. The van der Waals surface area contributed by atoms with Gasteiger partial charge in [0, 0.05) is 18.1 Å². The number of aromatic nitrogens is 2. The Morgan fingerprint density at radius 3 is 2.42 bits per heavy atom. The third kappa shape index (κ3) is 5.51. The number of hydrogen-bond donors (Lipinski definition) is 1. The van der Waals surface area contributed by atoms with Crippen LogP contribution in [0.5, 0.6) is 5.75 Å². The molecule has 2 N–H and O–H groups in total. The molecule has 106 valence electrons.